The molecule has 3 rings (SSSR count). The van der Waals surface area contributed by atoms with Crippen LogP contribution in [0.5, 0.6) is 11.5 Å². The predicted octanol–water partition coefficient (Wildman–Crippen LogP) is 3.69. The van der Waals surface area contributed by atoms with Crippen molar-refractivity contribution >= 4 is 39.8 Å². The summed E-state index contributed by atoms with van der Waals surface area (Å²) in [6.07, 6.45) is 0.868. The van der Waals surface area contributed by atoms with Crippen LogP contribution in [0.4, 0.5) is 5.13 Å². The Morgan fingerprint density at radius 1 is 1.33 bits per heavy atom. The standard InChI is InChI=1S/C13H14ClN3O2S2/c1-15-12-16-17-13(21-12)20-7-8-5-9(14)11-10(6-8)18-3-2-4-19-11/h5-6H,2-4,7H2,1H3,(H,15,16). The maximum absolute atomic E-state index is 6.28. The molecule has 0 radical (unpaired) electrons. The molecule has 0 aliphatic carbocycles. The van der Waals surface area contributed by atoms with E-state index in [0.717, 1.165) is 33.0 Å². The third-order valence-electron chi connectivity index (χ3n) is 2.84. The number of aromatic nitrogens is 2. The Morgan fingerprint density at radius 2 is 2.19 bits per heavy atom. The molecule has 2 heterocycles. The summed E-state index contributed by atoms with van der Waals surface area (Å²) in [6.45, 7) is 1.29. The Morgan fingerprint density at radius 3 is 3.00 bits per heavy atom. The monoisotopic (exact) mass is 343 g/mol. The number of fused-ring (bicyclic) bond motifs is 1. The summed E-state index contributed by atoms with van der Waals surface area (Å²) in [5.41, 5.74) is 1.08. The molecule has 1 aromatic heterocycles. The number of benzene rings is 1. The quantitative estimate of drug-likeness (QED) is 0.854. The zero-order chi connectivity index (χ0) is 14.7. The molecule has 1 aliphatic heterocycles. The summed E-state index contributed by atoms with van der Waals surface area (Å²) >= 11 is 9.43. The highest BCUT2D eigenvalue weighted by Crippen LogP contribution is 2.39. The zero-order valence-corrected chi connectivity index (χ0v) is 13.8. The number of hydrogen-bond donors (Lipinski definition) is 1. The lowest BCUT2D eigenvalue weighted by Gasteiger charge is -2.11. The van der Waals surface area contributed by atoms with Gasteiger partial charge in [-0.3, -0.25) is 0 Å². The number of nitrogens with zero attached hydrogens (tertiary/aromatic N) is 2. The van der Waals surface area contributed by atoms with Gasteiger partial charge in [-0.1, -0.05) is 34.7 Å². The van der Waals surface area contributed by atoms with Gasteiger partial charge >= 0.3 is 0 Å². The van der Waals surface area contributed by atoms with E-state index in [-0.39, 0.29) is 0 Å². The summed E-state index contributed by atoms with van der Waals surface area (Å²) in [4.78, 5) is 0. The molecule has 112 valence electrons. The maximum atomic E-state index is 6.28. The van der Waals surface area contributed by atoms with Crippen LogP contribution in [0.3, 0.4) is 0 Å². The van der Waals surface area contributed by atoms with Gasteiger partial charge in [0.05, 0.1) is 18.2 Å². The van der Waals surface area contributed by atoms with Gasteiger partial charge in [0, 0.05) is 19.2 Å². The van der Waals surface area contributed by atoms with Gasteiger partial charge in [0.25, 0.3) is 0 Å². The molecule has 1 aliphatic rings. The second-order valence-corrected chi connectivity index (χ2v) is 6.97. The first kappa shape index (κ1) is 14.7. The van der Waals surface area contributed by atoms with E-state index in [2.05, 4.69) is 15.5 Å². The first-order valence-electron chi connectivity index (χ1n) is 6.48. The van der Waals surface area contributed by atoms with E-state index in [1.807, 2.05) is 19.2 Å². The number of hydrogen-bond acceptors (Lipinski definition) is 7. The van der Waals surface area contributed by atoms with Crippen LogP contribution in [0.25, 0.3) is 0 Å². The van der Waals surface area contributed by atoms with E-state index in [9.17, 15) is 0 Å². The van der Waals surface area contributed by atoms with Crippen LogP contribution in [0.2, 0.25) is 5.02 Å². The molecule has 0 unspecified atom stereocenters. The van der Waals surface area contributed by atoms with Gasteiger partial charge in [-0.05, 0) is 17.7 Å². The largest absolute Gasteiger partial charge is 0.489 e. The molecule has 0 bridgehead atoms. The average molecular weight is 344 g/mol. The van der Waals surface area contributed by atoms with Gasteiger partial charge in [0.1, 0.15) is 0 Å². The summed E-state index contributed by atoms with van der Waals surface area (Å²) < 4.78 is 12.2. The molecule has 2 aromatic rings. The molecule has 0 saturated carbocycles. The Labute approximate surface area is 136 Å². The molecular weight excluding hydrogens is 330 g/mol. The smallest absolute Gasteiger partial charge is 0.206 e. The van der Waals surface area contributed by atoms with E-state index in [1.165, 1.54) is 11.3 Å². The van der Waals surface area contributed by atoms with Crippen molar-refractivity contribution in [2.45, 2.75) is 16.5 Å². The summed E-state index contributed by atoms with van der Waals surface area (Å²) in [5.74, 6) is 2.13. The van der Waals surface area contributed by atoms with Gasteiger partial charge in [-0.25, -0.2) is 0 Å². The molecule has 0 amide bonds. The first-order chi connectivity index (χ1) is 10.3. The minimum Gasteiger partial charge on any atom is -0.489 e. The van der Waals surface area contributed by atoms with Crippen molar-refractivity contribution in [3.8, 4) is 11.5 Å². The fourth-order valence-electron chi connectivity index (χ4n) is 1.88. The van der Waals surface area contributed by atoms with Crippen LogP contribution in [-0.2, 0) is 5.75 Å². The number of rotatable bonds is 4. The van der Waals surface area contributed by atoms with E-state index < -0.39 is 0 Å². The fourth-order valence-corrected chi connectivity index (χ4v) is 3.80. The van der Waals surface area contributed by atoms with Crippen molar-refractivity contribution in [2.24, 2.45) is 0 Å². The van der Waals surface area contributed by atoms with Crippen molar-refractivity contribution in [3.63, 3.8) is 0 Å². The third-order valence-corrected chi connectivity index (χ3v) is 5.27. The maximum Gasteiger partial charge on any atom is 0.206 e. The molecule has 1 aromatic carbocycles. The Kier molecular flexibility index (Phi) is 4.72. The molecule has 0 fully saturated rings. The third kappa shape index (κ3) is 3.53. The Balaban J connectivity index is 1.73. The molecule has 5 nitrogen and oxygen atoms in total. The second kappa shape index (κ2) is 6.72. The highest BCUT2D eigenvalue weighted by Gasteiger charge is 2.16. The Hall–Kier alpha value is -1.18. The van der Waals surface area contributed by atoms with Crippen LogP contribution < -0.4 is 14.8 Å². The van der Waals surface area contributed by atoms with Crippen molar-refractivity contribution < 1.29 is 9.47 Å². The second-order valence-electron chi connectivity index (χ2n) is 4.37. The first-order valence-corrected chi connectivity index (χ1v) is 8.66. The minimum atomic E-state index is 0.596. The van der Waals surface area contributed by atoms with Crippen molar-refractivity contribution in [1.82, 2.24) is 10.2 Å². The number of halogens is 1. The summed E-state index contributed by atoms with van der Waals surface area (Å²) in [7, 11) is 1.83. The van der Waals surface area contributed by atoms with Crippen LogP contribution in [-0.4, -0.2) is 30.5 Å². The molecule has 0 spiro atoms. The molecule has 8 heteroatoms. The molecule has 0 saturated heterocycles. The van der Waals surface area contributed by atoms with Gasteiger partial charge < -0.3 is 14.8 Å². The summed E-state index contributed by atoms with van der Waals surface area (Å²) in [5, 5.41) is 12.5. The molecule has 1 N–H and O–H groups in total. The van der Waals surface area contributed by atoms with Gasteiger partial charge in [0.15, 0.2) is 15.8 Å². The SMILES string of the molecule is CNc1nnc(SCc2cc(Cl)c3c(c2)OCCCO3)s1. The molecule has 0 atom stereocenters. The van der Waals surface area contributed by atoms with E-state index in [0.29, 0.717) is 24.0 Å². The minimum absolute atomic E-state index is 0.596. The van der Waals surface area contributed by atoms with E-state index >= 15 is 0 Å². The van der Waals surface area contributed by atoms with Crippen molar-refractivity contribution in [3.05, 3.63) is 22.7 Å². The zero-order valence-electron chi connectivity index (χ0n) is 11.4. The topological polar surface area (TPSA) is 56.3 Å². The number of thioether (sulfide) groups is 1. The fraction of sp³-hybridized carbons (Fsp3) is 0.385. The normalized spacial score (nSPS) is 13.8. The predicted molar refractivity (Wildman–Crippen MR) is 86.1 cm³/mol. The highest BCUT2D eigenvalue weighted by atomic mass is 35.5. The lowest BCUT2D eigenvalue weighted by Crippen LogP contribution is -1.97. The number of ether oxygens (including phenoxy) is 2. The Bertz CT molecular complexity index is 636. The van der Waals surface area contributed by atoms with Gasteiger partial charge in [0.2, 0.25) is 5.13 Å². The van der Waals surface area contributed by atoms with Crippen LogP contribution in [0.1, 0.15) is 12.0 Å². The van der Waals surface area contributed by atoms with Crippen LogP contribution in [0, 0.1) is 0 Å². The number of nitrogens with one attached hydrogen (secondary N) is 1. The number of anilines is 1. The molecule has 21 heavy (non-hydrogen) atoms. The van der Waals surface area contributed by atoms with Crippen LogP contribution >= 0.6 is 34.7 Å². The van der Waals surface area contributed by atoms with E-state index in [4.69, 9.17) is 21.1 Å². The van der Waals surface area contributed by atoms with E-state index in [1.54, 1.807) is 11.8 Å². The van der Waals surface area contributed by atoms with Crippen molar-refractivity contribution in [1.29, 1.82) is 0 Å². The lowest BCUT2D eigenvalue weighted by atomic mass is 10.2. The molecular formula is C13H14ClN3O2S2. The lowest BCUT2D eigenvalue weighted by molar-refractivity contribution is 0.297. The average Bonchev–Trinajstić information content (AvgIpc) is 2.82. The van der Waals surface area contributed by atoms with Crippen LogP contribution in [0.15, 0.2) is 16.5 Å². The van der Waals surface area contributed by atoms with Gasteiger partial charge in [-0.15, -0.1) is 10.2 Å². The highest BCUT2D eigenvalue weighted by molar-refractivity contribution is 8.00. The summed E-state index contributed by atoms with van der Waals surface area (Å²) in [6, 6.07) is 3.90. The van der Waals surface area contributed by atoms with Gasteiger partial charge in [-0.2, -0.15) is 0 Å². The van der Waals surface area contributed by atoms with Crippen molar-refractivity contribution in [2.75, 3.05) is 25.6 Å².